The maximum atomic E-state index is 5.90. The van der Waals surface area contributed by atoms with E-state index < -0.39 is 0 Å². The number of nitrogens with one attached hydrogen (secondary N) is 1. The molecule has 0 fully saturated rings. The highest BCUT2D eigenvalue weighted by Crippen LogP contribution is 2.20. The van der Waals surface area contributed by atoms with Crippen LogP contribution < -0.4 is 11.1 Å². The normalized spacial score (nSPS) is 12.5. The maximum absolute atomic E-state index is 5.90. The molecule has 0 spiro atoms. The molecule has 0 bridgehead atoms. The number of anilines is 1. The van der Waals surface area contributed by atoms with Gasteiger partial charge in [0.2, 0.25) is 0 Å². The molecule has 0 unspecified atom stereocenters. The zero-order valence-corrected chi connectivity index (χ0v) is 9.87. The van der Waals surface area contributed by atoms with Crippen molar-refractivity contribution in [3.05, 3.63) is 28.3 Å². The van der Waals surface area contributed by atoms with E-state index in [2.05, 4.69) is 38.2 Å². The fourth-order valence-corrected chi connectivity index (χ4v) is 1.85. The summed E-state index contributed by atoms with van der Waals surface area (Å²) in [5, 5.41) is 4.51. The molecule has 0 aliphatic carbocycles. The quantitative estimate of drug-likeness (QED) is 0.801. The average Bonchev–Trinajstić information content (AvgIpc) is 2.59. The van der Waals surface area contributed by atoms with Crippen LogP contribution >= 0.6 is 11.3 Å². The second kappa shape index (κ2) is 5.05. The van der Waals surface area contributed by atoms with Crippen molar-refractivity contribution >= 4 is 16.3 Å². The van der Waals surface area contributed by atoms with Gasteiger partial charge in [0, 0.05) is 10.6 Å². The number of hydrogen-bond donors (Lipinski definition) is 2. The molecule has 1 aromatic heterocycles. The molecular formula is C11H18N2S. The molecule has 14 heavy (non-hydrogen) atoms. The Hall–Kier alpha value is -0.960. The molecule has 78 valence electrons. The SMILES string of the molecule is CC/C(C)=C(\N)CNc1ccc(C)s1. The maximum Gasteiger partial charge on any atom is 0.0888 e. The van der Waals surface area contributed by atoms with Gasteiger partial charge in [-0.2, -0.15) is 0 Å². The molecule has 0 aliphatic rings. The Morgan fingerprint density at radius 1 is 1.50 bits per heavy atom. The molecule has 3 N–H and O–H groups in total. The van der Waals surface area contributed by atoms with Crippen LogP contribution in [0.5, 0.6) is 0 Å². The summed E-state index contributed by atoms with van der Waals surface area (Å²) >= 11 is 1.76. The predicted molar refractivity (Wildman–Crippen MR) is 64.7 cm³/mol. The number of nitrogens with two attached hydrogens (primary N) is 1. The van der Waals surface area contributed by atoms with Crippen molar-refractivity contribution in [2.75, 3.05) is 11.9 Å². The third kappa shape index (κ3) is 3.07. The monoisotopic (exact) mass is 210 g/mol. The molecule has 0 aliphatic heterocycles. The Morgan fingerprint density at radius 3 is 2.71 bits per heavy atom. The van der Waals surface area contributed by atoms with Gasteiger partial charge in [0.25, 0.3) is 0 Å². The first kappa shape index (κ1) is 11.1. The van der Waals surface area contributed by atoms with E-state index in [1.165, 1.54) is 15.5 Å². The smallest absolute Gasteiger partial charge is 0.0888 e. The number of hydrogen-bond acceptors (Lipinski definition) is 3. The standard InChI is InChI=1S/C11H18N2S/c1-4-8(2)10(12)7-13-11-6-5-9(3)14-11/h5-6,13H,4,7,12H2,1-3H3/b10-8-. The highest BCUT2D eigenvalue weighted by Gasteiger charge is 1.98. The molecule has 2 nitrogen and oxygen atoms in total. The van der Waals surface area contributed by atoms with Gasteiger partial charge < -0.3 is 11.1 Å². The van der Waals surface area contributed by atoms with E-state index in [4.69, 9.17) is 5.73 Å². The lowest BCUT2D eigenvalue weighted by atomic mass is 10.2. The van der Waals surface area contributed by atoms with Crippen LogP contribution in [-0.2, 0) is 0 Å². The first-order chi connectivity index (χ1) is 6.63. The number of thiophene rings is 1. The molecule has 1 heterocycles. The van der Waals surface area contributed by atoms with Crippen LogP contribution in [0.4, 0.5) is 5.00 Å². The molecule has 0 aromatic carbocycles. The minimum atomic E-state index is 0.750. The summed E-state index contributed by atoms with van der Waals surface area (Å²) in [7, 11) is 0. The first-order valence-corrected chi connectivity index (χ1v) is 5.69. The van der Waals surface area contributed by atoms with Crippen LogP contribution in [0.2, 0.25) is 0 Å². The van der Waals surface area contributed by atoms with Crippen molar-refractivity contribution in [2.45, 2.75) is 27.2 Å². The summed E-state index contributed by atoms with van der Waals surface area (Å²) in [5.41, 5.74) is 8.13. The Kier molecular flexibility index (Phi) is 4.01. The zero-order chi connectivity index (χ0) is 10.6. The van der Waals surface area contributed by atoms with Crippen molar-refractivity contribution in [1.29, 1.82) is 0 Å². The highest BCUT2D eigenvalue weighted by atomic mass is 32.1. The molecule has 3 heteroatoms. The van der Waals surface area contributed by atoms with E-state index in [0.29, 0.717) is 0 Å². The lowest BCUT2D eigenvalue weighted by Gasteiger charge is -2.07. The number of rotatable bonds is 4. The fourth-order valence-electron chi connectivity index (χ4n) is 1.09. The van der Waals surface area contributed by atoms with Crippen molar-refractivity contribution in [3.63, 3.8) is 0 Å². The van der Waals surface area contributed by atoms with Crippen molar-refractivity contribution in [2.24, 2.45) is 5.73 Å². The van der Waals surface area contributed by atoms with Gasteiger partial charge in [-0.3, -0.25) is 0 Å². The van der Waals surface area contributed by atoms with Gasteiger partial charge in [-0.15, -0.1) is 11.3 Å². The molecule has 0 saturated heterocycles. The van der Waals surface area contributed by atoms with Gasteiger partial charge in [-0.25, -0.2) is 0 Å². The average molecular weight is 210 g/mol. The van der Waals surface area contributed by atoms with Gasteiger partial charge in [0.15, 0.2) is 0 Å². The summed E-state index contributed by atoms with van der Waals surface area (Å²) in [5.74, 6) is 0. The van der Waals surface area contributed by atoms with Gasteiger partial charge in [0.05, 0.1) is 11.5 Å². The van der Waals surface area contributed by atoms with Crippen LogP contribution in [0.25, 0.3) is 0 Å². The summed E-state index contributed by atoms with van der Waals surface area (Å²) in [6.07, 6.45) is 1.02. The number of aryl methyl sites for hydroxylation is 1. The minimum Gasteiger partial charge on any atom is -0.401 e. The highest BCUT2D eigenvalue weighted by molar-refractivity contribution is 7.16. The summed E-state index contributed by atoms with van der Waals surface area (Å²) < 4.78 is 0. The van der Waals surface area contributed by atoms with Crippen LogP contribution in [0.1, 0.15) is 25.1 Å². The lowest BCUT2D eigenvalue weighted by molar-refractivity contribution is 1.01. The third-order valence-electron chi connectivity index (χ3n) is 2.27. The van der Waals surface area contributed by atoms with E-state index in [1.807, 2.05) is 0 Å². The molecule has 1 aromatic rings. The van der Waals surface area contributed by atoms with Crippen LogP contribution in [0.15, 0.2) is 23.4 Å². The number of allylic oxidation sites excluding steroid dienone is 1. The second-order valence-corrected chi connectivity index (χ2v) is 4.71. The first-order valence-electron chi connectivity index (χ1n) is 4.88. The van der Waals surface area contributed by atoms with Gasteiger partial charge in [-0.1, -0.05) is 12.5 Å². The summed E-state index contributed by atoms with van der Waals surface area (Å²) in [4.78, 5) is 1.32. The molecule has 0 saturated carbocycles. The Labute approximate surface area is 89.8 Å². The van der Waals surface area contributed by atoms with E-state index in [9.17, 15) is 0 Å². The Balaban J connectivity index is 2.49. The largest absolute Gasteiger partial charge is 0.401 e. The van der Waals surface area contributed by atoms with Crippen molar-refractivity contribution in [1.82, 2.24) is 0 Å². The molecule has 0 amide bonds. The Morgan fingerprint density at radius 2 is 2.21 bits per heavy atom. The van der Waals surface area contributed by atoms with E-state index in [-0.39, 0.29) is 0 Å². The fraction of sp³-hybridized carbons (Fsp3) is 0.455. The molecule has 1 rings (SSSR count). The third-order valence-corrected chi connectivity index (χ3v) is 3.23. The van der Waals surface area contributed by atoms with Crippen molar-refractivity contribution in [3.8, 4) is 0 Å². The molecule has 0 atom stereocenters. The predicted octanol–water partition coefficient (Wildman–Crippen LogP) is 3.11. The van der Waals surface area contributed by atoms with Gasteiger partial charge in [0.1, 0.15) is 0 Å². The van der Waals surface area contributed by atoms with Gasteiger partial charge >= 0.3 is 0 Å². The van der Waals surface area contributed by atoms with Crippen LogP contribution in [-0.4, -0.2) is 6.54 Å². The lowest BCUT2D eigenvalue weighted by Crippen LogP contribution is -2.12. The summed E-state index contributed by atoms with van der Waals surface area (Å²) in [6.45, 7) is 7.06. The zero-order valence-electron chi connectivity index (χ0n) is 9.05. The molecular weight excluding hydrogens is 192 g/mol. The van der Waals surface area contributed by atoms with E-state index in [1.54, 1.807) is 11.3 Å². The topological polar surface area (TPSA) is 38.0 Å². The van der Waals surface area contributed by atoms with Crippen LogP contribution in [0.3, 0.4) is 0 Å². The van der Waals surface area contributed by atoms with Crippen molar-refractivity contribution < 1.29 is 0 Å². The van der Waals surface area contributed by atoms with E-state index in [0.717, 1.165) is 18.7 Å². The minimum absolute atomic E-state index is 0.750. The Bertz CT molecular complexity index is 326. The molecule has 0 radical (unpaired) electrons. The van der Waals surface area contributed by atoms with E-state index >= 15 is 0 Å². The summed E-state index contributed by atoms with van der Waals surface area (Å²) in [6, 6.07) is 4.20. The van der Waals surface area contributed by atoms with Gasteiger partial charge in [-0.05, 0) is 32.4 Å². The second-order valence-electron chi connectivity index (χ2n) is 3.42. The van der Waals surface area contributed by atoms with Crippen LogP contribution in [0, 0.1) is 6.92 Å².